The number of hydrogen-bond acceptors (Lipinski definition) is 3. The summed E-state index contributed by atoms with van der Waals surface area (Å²) >= 11 is 0. The van der Waals surface area contributed by atoms with Crippen LogP contribution in [0.5, 0.6) is 0 Å². The van der Waals surface area contributed by atoms with Crippen molar-refractivity contribution in [3.05, 3.63) is 192 Å². The van der Waals surface area contributed by atoms with Crippen molar-refractivity contribution in [1.29, 1.82) is 0 Å². The van der Waals surface area contributed by atoms with Crippen LogP contribution in [0.4, 0.5) is 0 Å². The van der Waals surface area contributed by atoms with E-state index >= 15 is 0 Å². The molecule has 1 spiro atoms. The van der Waals surface area contributed by atoms with Crippen molar-refractivity contribution < 1.29 is 0 Å². The Balaban J connectivity index is 1.15. The predicted molar refractivity (Wildman–Crippen MR) is 221 cm³/mol. The highest BCUT2D eigenvalue weighted by Gasteiger charge is 2.51. The van der Waals surface area contributed by atoms with E-state index in [0.717, 1.165) is 22.3 Å². The Morgan fingerprint density at radius 1 is 0.340 bits per heavy atom. The van der Waals surface area contributed by atoms with Crippen LogP contribution in [0.15, 0.2) is 170 Å². The molecular formula is C49H37N3Si. The lowest BCUT2D eigenvalue weighted by Gasteiger charge is -2.31. The zero-order valence-corrected chi connectivity index (χ0v) is 31.0. The lowest BCUT2D eigenvalue weighted by atomic mass is 9.70. The van der Waals surface area contributed by atoms with Gasteiger partial charge in [-0.3, -0.25) is 0 Å². The van der Waals surface area contributed by atoms with E-state index in [0.29, 0.717) is 17.5 Å². The van der Waals surface area contributed by atoms with Gasteiger partial charge < -0.3 is 0 Å². The molecule has 1 aromatic heterocycles. The summed E-state index contributed by atoms with van der Waals surface area (Å²) in [5.74, 6) is 1.98. The van der Waals surface area contributed by atoms with Crippen molar-refractivity contribution in [3.63, 3.8) is 0 Å². The lowest BCUT2D eigenvalue weighted by Crippen LogP contribution is -2.38. The molecule has 0 saturated carbocycles. The minimum absolute atomic E-state index is 0.361. The molecule has 3 nitrogen and oxygen atoms in total. The van der Waals surface area contributed by atoms with Crippen molar-refractivity contribution in [2.24, 2.45) is 0 Å². The molecule has 0 radical (unpaired) electrons. The van der Waals surface area contributed by atoms with Gasteiger partial charge in [-0.05, 0) is 67.8 Å². The SMILES string of the molecule is C[Si](C)(C)c1ccc2c(c1)C1(c3ccccc3-c3ccccc31)c1ccc(-c3cccc(-c4nc(-c5ccccc5)nc(-c5ccccc5)n4)c3)cc1-2. The standard InChI is InChI=1S/C49H37N3Si/c1-53(2,3)37-26-27-40-41-30-35(25-28-44(41)49(45(40)31-37)42-23-12-10-21-38(42)39-22-11-13-24-43(39)49)34-19-14-20-36(29-34)48-51-46(32-15-6-4-7-16-32)50-47(52-48)33-17-8-5-9-18-33/h4-31H,1-3H3. The zero-order chi connectivity index (χ0) is 35.7. The second-order valence-electron chi connectivity index (χ2n) is 15.2. The van der Waals surface area contributed by atoms with Gasteiger partial charge in [0.05, 0.1) is 13.5 Å². The maximum absolute atomic E-state index is 5.02. The molecule has 1 heterocycles. The first-order valence-corrected chi connectivity index (χ1v) is 21.9. The molecule has 252 valence electrons. The average molecular weight is 696 g/mol. The molecule has 10 rings (SSSR count). The molecule has 2 aliphatic carbocycles. The number of nitrogens with zero attached hydrogens (tertiary/aromatic N) is 3. The number of rotatable bonds is 5. The van der Waals surface area contributed by atoms with E-state index in [4.69, 9.17) is 15.0 Å². The second kappa shape index (κ2) is 11.9. The molecule has 53 heavy (non-hydrogen) atoms. The van der Waals surface area contributed by atoms with Crippen LogP contribution in [0.1, 0.15) is 22.3 Å². The van der Waals surface area contributed by atoms with Crippen LogP contribution in [0, 0.1) is 0 Å². The molecule has 0 aliphatic heterocycles. The molecule has 0 amide bonds. The van der Waals surface area contributed by atoms with Gasteiger partial charge in [-0.15, -0.1) is 0 Å². The van der Waals surface area contributed by atoms with Crippen molar-refractivity contribution in [1.82, 2.24) is 15.0 Å². The smallest absolute Gasteiger partial charge is 0.164 e. The maximum Gasteiger partial charge on any atom is 0.164 e. The van der Waals surface area contributed by atoms with Crippen LogP contribution >= 0.6 is 0 Å². The molecule has 0 fully saturated rings. The first kappa shape index (κ1) is 31.5. The van der Waals surface area contributed by atoms with Crippen molar-refractivity contribution in [3.8, 4) is 67.5 Å². The van der Waals surface area contributed by atoms with E-state index in [1.165, 1.54) is 55.3 Å². The average Bonchev–Trinajstić information content (AvgIpc) is 3.68. The van der Waals surface area contributed by atoms with Gasteiger partial charge in [-0.25, -0.2) is 15.0 Å². The van der Waals surface area contributed by atoms with E-state index in [-0.39, 0.29) is 5.41 Å². The van der Waals surface area contributed by atoms with Crippen LogP contribution in [0.3, 0.4) is 0 Å². The molecule has 0 unspecified atom stereocenters. The zero-order valence-electron chi connectivity index (χ0n) is 30.0. The molecule has 0 saturated heterocycles. The third-order valence-corrected chi connectivity index (χ3v) is 13.2. The molecule has 0 atom stereocenters. The topological polar surface area (TPSA) is 38.7 Å². The number of aromatic nitrogens is 3. The van der Waals surface area contributed by atoms with Crippen LogP contribution < -0.4 is 5.19 Å². The first-order valence-electron chi connectivity index (χ1n) is 18.4. The largest absolute Gasteiger partial charge is 0.208 e. The number of hydrogen-bond donors (Lipinski definition) is 0. The summed E-state index contributed by atoms with van der Waals surface area (Å²) in [4.78, 5) is 15.0. The Bertz CT molecular complexity index is 2610. The first-order chi connectivity index (χ1) is 25.9. The highest BCUT2D eigenvalue weighted by atomic mass is 28.3. The summed E-state index contributed by atoms with van der Waals surface area (Å²) in [5.41, 5.74) is 15.6. The fourth-order valence-corrected chi connectivity index (χ4v) is 9.73. The van der Waals surface area contributed by atoms with Crippen molar-refractivity contribution in [2.75, 3.05) is 0 Å². The number of benzene rings is 7. The van der Waals surface area contributed by atoms with Gasteiger partial charge in [0.1, 0.15) is 0 Å². The fourth-order valence-electron chi connectivity index (χ4n) is 8.57. The minimum Gasteiger partial charge on any atom is -0.208 e. The van der Waals surface area contributed by atoms with Crippen LogP contribution in [-0.2, 0) is 5.41 Å². The van der Waals surface area contributed by atoms with Crippen molar-refractivity contribution >= 4 is 13.3 Å². The third-order valence-electron chi connectivity index (χ3n) is 11.1. The quantitative estimate of drug-likeness (QED) is 0.168. The fraction of sp³-hybridized carbons (Fsp3) is 0.0816. The molecule has 8 aromatic rings. The van der Waals surface area contributed by atoms with Crippen molar-refractivity contribution in [2.45, 2.75) is 25.1 Å². The van der Waals surface area contributed by atoms with Crippen LogP contribution in [-0.4, -0.2) is 23.0 Å². The summed E-state index contributed by atoms with van der Waals surface area (Å²) in [7, 11) is -1.60. The molecule has 7 aromatic carbocycles. The maximum atomic E-state index is 5.02. The monoisotopic (exact) mass is 695 g/mol. The van der Waals surface area contributed by atoms with Crippen LogP contribution in [0.2, 0.25) is 19.6 Å². The van der Waals surface area contributed by atoms with E-state index in [9.17, 15) is 0 Å². The summed E-state index contributed by atoms with van der Waals surface area (Å²) < 4.78 is 0. The molecular weight excluding hydrogens is 659 g/mol. The highest BCUT2D eigenvalue weighted by Crippen LogP contribution is 2.62. The van der Waals surface area contributed by atoms with Gasteiger partial charge in [0.25, 0.3) is 0 Å². The molecule has 2 aliphatic rings. The highest BCUT2D eigenvalue weighted by molar-refractivity contribution is 6.88. The van der Waals surface area contributed by atoms with Gasteiger partial charge >= 0.3 is 0 Å². The molecule has 0 N–H and O–H groups in total. The normalized spacial score (nSPS) is 13.3. The predicted octanol–water partition coefficient (Wildman–Crippen LogP) is 11.4. The van der Waals surface area contributed by atoms with Gasteiger partial charge in [0, 0.05) is 16.7 Å². The third kappa shape index (κ3) is 4.90. The lowest BCUT2D eigenvalue weighted by molar-refractivity contribution is 0.794. The Morgan fingerprint density at radius 3 is 1.42 bits per heavy atom. The van der Waals surface area contributed by atoms with Gasteiger partial charge in [-0.1, -0.05) is 183 Å². The van der Waals surface area contributed by atoms with Gasteiger partial charge in [0.15, 0.2) is 17.5 Å². The summed E-state index contributed by atoms with van der Waals surface area (Å²) in [5, 5.41) is 1.49. The molecule has 0 bridgehead atoms. The minimum atomic E-state index is -1.60. The summed E-state index contributed by atoms with van der Waals surface area (Å²) in [6, 6.07) is 61.5. The van der Waals surface area contributed by atoms with E-state index in [1.54, 1.807) is 0 Å². The summed E-state index contributed by atoms with van der Waals surface area (Å²) in [6.45, 7) is 7.34. The Kier molecular flexibility index (Phi) is 7.08. The van der Waals surface area contributed by atoms with E-state index in [1.807, 2.05) is 60.7 Å². The van der Waals surface area contributed by atoms with Crippen LogP contribution in [0.25, 0.3) is 67.5 Å². The van der Waals surface area contributed by atoms with E-state index < -0.39 is 8.07 Å². The number of fused-ring (bicyclic) bond motifs is 10. The Hall–Kier alpha value is -6.23. The summed E-state index contributed by atoms with van der Waals surface area (Å²) in [6.07, 6.45) is 0. The van der Waals surface area contributed by atoms with Gasteiger partial charge in [-0.2, -0.15) is 0 Å². The van der Waals surface area contributed by atoms with Gasteiger partial charge in [0.2, 0.25) is 0 Å². The molecule has 4 heteroatoms. The second-order valence-corrected chi connectivity index (χ2v) is 20.3. The van der Waals surface area contributed by atoms with E-state index in [2.05, 4.69) is 129 Å². The Morgan fingerprint density at radius 2 is 0.811 bits per heavy atom. The Labute approximate surface area is 311 Å².